The predicted octanol–water partition coefficient (Wildman–Crippen LogP) is 4.21. The van der Waals surface area contributed by atoms with Crippen LogP contribution in [0, 0.1) is 0 Å². The Kier molecular flexibility index (Phi) is 4.57. The number of nitrogens with one attached hydrogen (secondary N) is 2. The number of aromatic nitrogens is 1. The number of carbonyl (C=O) groups is 2. The van der Waals surface area contributed by atoms with Crippen molar-refractivity contribution in [3.8, 4) is 0 Å². The van der Waals surface area contributed by atoms with Gasteiger partial charge in [-0.2, -0.15) is 0 Å². The van der Waals surface area contributed by atoms with Gasteiger partial charge in [0.15, 0.2) is 0 Å². The van der Waals surface area contributed by atoms with Gasteiger partial charge < -0.3 is 10.6 Å². The van der Waals surface area contributed by atoms with Gasteiger partial charge in [-0.25, -0.2) is 0 Å². The quantitative estimate of drug-likeness (QED) is 0.711. The molecule has 0 unspecified atom stereocenters. The lowest BCUT2D eigenvalue weighted by atomic mass is 10.1. The molecule has 2 N–H and O–H groups in total. The van der Waals surface area contributed by atoms with Gasteiger partial charge >= 0.3 is 0 Å². The highest BCUT2D eigenvalue weighted by Crippen LogP contribution is 2.24. The summed E-state index contributed by atoms with van der Waals surface area (Å²) in [5.74, 6) is -0.448. The smallest absolute Gasteiger partial charge is 0.255 e. The molecule has 0 bridgehead atoms. The van der Waals surface area contributed by atoms with Gasteiger partial charge in [0.05, 0.1) is 11.2 Å². The number of carbonyl (C=O) groups excluding carboxylic acids is 2. The number of fused-ring (bicyclic) bond motifs is 1. The Balaban J connectivity index is 1.89. The van der Waals surface area contributed by atoms with Gasteiger partial charge in [-0.1, -0.05) is 18.2 Å². The third-order valence-electron chi connectivity index (χ3n) is 3.37. The molecule has 0 spiro atoms. The summed E-state index contributed by atoms with van der Waals surface area (Å²) in [5, 5.41) is 6.46. The van der Waals surface area contributed by atoms with Crippen molar-refractivity contribution in [3.05, 3.63) is 64.8 Å². The zero-order chi connectivity index (χ0) is 17.1. The highest BCUT2D eigenvalue weighted by atomic mass is 79.9. The van der Waals surface area contributed by atoms with Crippen molar-refractivity contribution in [3.63, 3.8) is 0 Å². The lowest BCUT2D eigenvalue weighted by Crippen LogP contribution is -2.13. The Morgan fingerprint density at radius 1 is 1.04 bits per heavy atom. The molecule has 0 radical (unpaired) electrons. The molecule has 6 heteroatoms. The van der Waals surface area contributed by atoms with Crippen LogP contribution in [0.2, 0.25) is 0 Å². The molecule has 24 heavy (non-hydrogen) atoms. The first kappa shape index (κ1) is 16.1. The second kappa shape index (κ2) is 6.80. The molecule has 1 aromatic heterocycles. The van der Waals surface area contributed by atoms with Gasteiger partial charge in [-0.3, -0.25) is 14.6 Å². The fourth-order valence-electron chi connectivity index (χ4n) is 2.37. The summed E-state index contributed by atoms with van der Waals surface area (Å²) in [4.78, 5) is 28.0. The number of halogens is 1. The van der Waals surface area contributed by atoms with Crippen LogP contribution in [0.1, 0.15) is 17.3 Å². The van der Waals surface area contributed by atoms with E-state index >= 15 is 0 Å². The monoisotopic (exact) mass is 383 g/mol. The maximum Gasteiger partial charge on any atom is 0.255 e. The second-order valence-corrected chi connectivity index (χ2v) is 6.16. The normalized spacial score (nSPS) is 10.4. The lowest BCUT2D eigenvalue weighted by molar-refractivity contribution is -0.114. The number of para-hydroxylation sites is 1. The molecule has 5 nitrogen and oxygen atoms in total. The molecule has 0 aliphatic carbocycles. The van der Waals surface area contributed by atoms with Gasteiger partial charge in [-0.15, -0.1) is 0 Å². The molecule has 3 rings (SSSR count). The predicted molar refractivity (Wildman–Crippen MR) is 98.1 cm³/mol. The van der Waals surface area contributed by atoms with E-state index in [1.54, 1.807) is 36.5 Å². The third-order valence-corrected chi connectivity index (χ3v) is 3.80. The first-order valence-electron chi connectivity index (χ1n) is 7.26. The van der Waals surface area contributed by atoms with Gasteiger partial charge in [0.1, 0.15) is 0 Å². The van der Waals surface area contributed by atoms with E-state index < -0.39 is 0 Å². The maximum absolute atomic E-state index is 12.5. The minimum absolute atomic E-state index is 0.184. The average Bonchev–Trinajstić information content (AvgIpc) is 2.54. The van der Waals surface area contributed by atoms with E-state index in [2.05, 4.69) is 31.5 Å². The Hall–Kier alpha value is -2.73. The third kappa shape index (κ3) is 3.60. The first-order valence-corrected chi connectivity index (χ1v) is 8.05. The van der Waals surface area contributed by atoms with Crippen LogP contribution in [0.25, 0.3) is 10.9 Å². The molecule has 0 atom stereocenters. The number of nitrogens with zero attached hydrogens (tertiary/aromatic N) is 1. The average molecular weight is 384 g/mol. The van der Waals surface area contributed by atoms with Crippen molar-refractivity contribution >= 4 is 50.0 Å². The standard InChI is InChI=1S/C18H14BrN3O2/c1-11(23)21-15-6-2-5-13(9-15)18(24)22-16-7-3-4-12-8-14(19)10-20-17(12)16/h2-10H,1H3,(H,21,23)(H,22,24). The van der Waals surface area contributed by atoms with E-state index in [9.17, 15) is 9.59 Å². The highest BCUT2D eigenvalue weighted by Gasteiger charge is 2.10. The number of hydrogen-bond acceptors (Lipinski definition) is 3. The van der Waals surface area contributed by atoms with Crippen molar-refractivity contribution in [1.82, 2.24) is 4.98 Å². The van der Waals surface area contributed by atoms with Crippen LogP contribution in [-0.2, 0) is 4.79 Å². The largest absolute Gasteiger partial charge is 0.326 e. The van der Waals surface area contributed by atoms with Gasteiger partial charge in [0.2, 0.25) is 5.91 Å². The van der Waals surface area contributed by atoms with Crippen molar-refractivity contribution < 1.29 is 9.59 Å². The van der Waals surface area contributed by atoms with Crippen LogP contribution < -0.4 is 10.6 Å². The van der Waals surface area contributed by atoms with E-state index in [1.165, 1.54) is 6.92 Å². The van der Waals surface area contributed by atoms with Crippen LogP contribution in [-0.4, -0.2) is 16.8 Å². The van der Waals surface area contributed by atoms with Crippen molar-refractivity contribution in [1.29, 1.82) is 0 Å². The number of hydrogen-bond donors (Lipinski definition) is 2. The topological polar surface area (TPSA) is 71.1 Å². The SMILES string of the molecule is CC(=O)Nc1cccc(C(=O)Nc2cccc3cc(Br)cnc23)c1. The molecule has 1 heterocycles. The number of rotatable bonds is 3. The molecule has 3 aromatic rings. The number of pyridine rings is 1. The summed E-state index contributed by atoms with van der Waals surface area (Å²) in [6, 6.07) is 14.3. The van der Waals surface area contributed by atoms with E-state index in [4.69, 9.17) is 0 Å². The minimum Gasteiger partial charge on any atom is -0.326 e. The molecule has 0 aliphatic rings. The first-order chi connectivity index (χ1) is 11.5. The Morgan fingerprint density at radius 2 is 1.83 bits per heavy atom. The fraction of sp³-hybridized carbons (Fsp3) is 0.0556. The summed E-state index contributed by atoms with van der Waals surface area (Å²) >= 11 is 3.39. The molecular weight excluding hydrogens is 370 g/mol. The summed E-state index contributed by atoms with van der Waals surface area (Å²) in [6.07, 6.45) is 1.69. The molecule has 2 amide bonds. The second-order valence-electron chi connectivity index (χ2n) is 5.25. The fourth-order valence-corrected chi connectivity index (χ4v) is 2.72. The Bertz CT molecular complexity index is 940. The van der Waals surface area contributed by atoms with E-state index in [0.717, 1.165) is 9.86 Å². The van der Waals surface area contributed by atoms with Gasteiger partial charge in [0, 0.05) is 34.2 Å². The molecule has 0 saturated heterocycles. The van der Waals surface area contributed by atoms with Crippen LogP contribution in [0.5, 0.6) is 0 Å². The lowest BCUT2D eigenvalue weighted by Gasteiger charge is -2.09. The van der Waals surface area contributed by atoms with Crippen molar-refractivity contribution in [2.45, 2.75) is 6.92 Å². The highest BCUT2D eigenvalue weighted by molar-refractivity contribution is 9.10. The molecule has 0 fully saturated rings. The van der Waals surface area contributed by atoms with Gasteiger partial charge in [-0.05, 0) is 46.3 Å². The van der Waals surface area contributed by atoms with Gasteiger partial charge in [0.25, 0.3) is 5.91 Å². The van der Waals surface area contributed by atoms with Crippen molar-refractivity contribution in [2.75, 3.05) is 10.6 Å². The summed E-state index contributed by atoms with van der Waals surface area (Å²) < 4.78 is 0.876. The van der Waals surface area contributed by atoms with Crippen LogP contribution in [0.4, 0.5) is 11.4 Å². The molecule has 120 valence electrons. The van der Waals surface area contributed by atoms with Crippen LogP contribution >= 0.6 is 15.9 Å². The number of benzene rings is 2. The zero-order valence-corrected chi connectivity index (χ0v) is 14.4. The number of anilines is 2. The molecule has 2 aromatic carbocycles. The summed E-state index contributed by atoms with van der Waals surface area (Å²) in [6.45, 7) is 1.42. The Morgan fingerprint density at radius 3 is 2.62 bits per heavy atom. The summed E-state index contributed by atoms with van der Waals surface area (Å²) in [7, 11) is 0. The maximum atomic E-state index is 12.5. The van der Waals surface area contributed by atoms with E-state index in [-0.39, 0.29) is 11.8 Å². The van der Waals surface area contributed by atoms with E-state index in [0.29, 0.717) is 22.5 Å². The Labute approximate surface area is 147 Å². The molecular formula is C18H14BrN3O2. The number of amides is 2. The molecule has 0 saturated carbocycles. The molecule has 0 aliphatic heterocycles. The van der Waals surface area contributed by atoms with Crippen molar-refractivity contribution in [2.24, 2.45) is 0 Å². The minimum atomic E-state index is -0.264. The van der Waals surface area contributed by atoms with E-state index in [1.807, 2.05) is 18.2 Å². The van der Waals surface area contributed by atoms with Crippen LogP contribution in [0.15, 0.2) is 59.2 Å². The summed E-state index contributed by atoms with van der Waals surface area (Å²) in [5.41, 5.74) is 2.38. The van der Waals surface area contributed by atoms with Crippen LogP contribution in [0.3, 0.4) is 0 Å². The zero-order valence-electron chi connectivity index (χ0n) is 12.8.